The topological polar surface area (TPSA) is 0 Å². The maximum atomic E-state index is 5.15. The van der Waals surface area contributed by atoms with E-state index in [0.29, 0.717) is 0 Å². The van der Waals surface area contributed by atoms with Crippen molar-refractivity contribution < 1.29 is 0 Å². The molecule has 57 heavy (non-hydrogen) atoms. The SMILES string of the molecule is C=P(c1ccccc1)(c1ccccc1)c1ccc2ccc3c(-c4cccc5cc6c(P(c7ccccc7)c7ccccc7)cccc6cc45)ccc4ccc1c2c43. The van der Waals surface area contributed by atoms with Crippen LogP contribution < -0.4 is 31.8 Å². The molecule has 0 bridgehead atoms. The van der Waals surface area contributed by atoms with Crippen molar-refractivity contribution in [2.24, 2.45) is 0 Å². The molecule has 11 rings (SSSR count). The normalized spacial score (nSPS) is 12.1. The van der Waals surface area contributed by atoms with Crippen molar-refractivity contribution in [3.8, 4) is 11.1 Å². The summed E-state index contributed by atoms with van der Waals surface area (Å²) in [4.78, 5) is 0. The van der Waals surface area contributed by atoms with E-state index in [-0.39, 0.29) is 0 Å². The minimum atomic E-state index is -2.21. The molecule has 2 heteroatoms. The van der Waals surface area contributed by atoms with Crippen LogP contribution in [0, 0.1) is 0 Å². The minimum absolute atomic E-state index is 0.744. The molecule has 0 atom stereocenters. The first kappa shape index (κ1) is 34.0. The summed E-state index contributed by atoms with van der Waals surface area (Å²) in [5.41, 5.74) is 2.53. The first-order valence-electron chi connectivity index (χ1n) is 19.6. The Kier molecular flexibility index (Phi) is 8.18. The van der Waals surface area contributed by atoms with Gasteiger partial charge in [-0.1, -0.05) is 213 Å². The summed E-state index contributed by atoms with van der Waals surface area (Å²) in [5, 5.41) is 20.9. The predicted octanol–water partition coefficient (Wildman–Crippen LogP) is 12.0. The molecular weight excluding hydrogens is 723 g/mol. The molecule has 0 saturated carbocycles. The van der Waals surface area contributed by atoms with E-state index in [4.69, 9.17) is 6.30 Å². The molecule has 0 saturated heterocycles. The molecule has 0 aromatic heterocycles. The Labute approximate surface area is 334 Å². The molecule has 0 spiro atoms. The Hall–Kier alpha value is -6.29. The van der Waals surface area contributed by atoms with Crippen LogP contribution in [0.1, 0.15) is 0 Å². The van der Waals surface area contributed by atoms with Gasteiger partial charge in [-0.15, -0.1) is 0 Å². The van der Waals surface area contributed by atoms with Crippen molar-refractivity contribution >= 4 is 107 Å². The number of rotatable bonds is 7. The second-order valence-electron chi connectivity index (χ2n) is 15.0. The third-order valence-electron chi connectivity index (χ3n) is 11.9. The van der Waals surface area contributed by atoms with Gasteiger partial charge < -0.3 is 0 Å². The van der Waals surface area contributed by atoms with Gasteiger partial charge >= 0.3 is 0 Å². The van der Waals surface area contributed by atoms with E-state index in [0.717, 1.165) is 0 Å². The van der Waals surface area contributed by atoms with Crippen molar-refractivity contribution in [3.63, 3.8) is 0 Å². The Morgan fingerprint density at radius 1 is 0.333 bits per heavy atom. The molecule has 268 valence electrons. The van der Waals surface area contributed by atoms with Crippen LogP contribution in [0.25, 0.3) is 65.0 Å². The van der Waals surface area contributed by atoms with Gasteiger partial charge in [0.1, 0.15) is 0 Å². The zero-order valence-electron chi connectivity index (χ0n) is 31.4. The van der Waals surface area contributed by atoms with Crippen molar-refractivity contribution in [1.82, 2.24) is 0 Å². The summed E-state index contributed by atoms with van der Waals surface area (Å²) in [7, 11) is -0.744. The van der Waals surface area contributed by atoms with Gasteiger partial charge in [0.15, 0.2) is 0 Å². The average Bonchev–Trinajstić information content (AvgIpc) is 3.28. The lowest BCUT2D eigenvalue weighted by Crippen LogP contribution is -2.26. The van der Waals surface area contributed by atoms with E-state index in [2.05, 4.69) is 218 Å². The maximum Gasteiger partial charge on any atom is -0.00200 e. The molecule has 0 heterocycles. The molecule has 0 amide bonds. The largest absolute Gasteiger partial charge is 0.0887 e. The molecule has 0 nitrogen and oxygen atoms in total. The Balaban J connectivity index is 1.13. The fourth-order valence-electron chi connectivity index (χ4n) is 9.19. The Bertz CT molecular complexity index is 3220. The minimum Gasteiger partial charge on any atom is -0.0887 e. The lowest BCUT2D eigenvalue weighted by Gasteiger charge is -2.29. The number of benzene rings is 11. The molecule has 11 aromatic carbocycles. The summed E-state index contributed by atoms with van der Waals surface area (Å²) >= 11 is 0. The van der Waals surface area contributed by atoms with Crippen LogP contribution in [-0.2, 0) is 0 Å². The van der Waals surface area contributed by atoms with Gasteiger partial charge in [-0.2, -0.15) is 0 Å². The van der Waals surface area contributed by atoms with Crippen LogP contribution in [-0.4, -0.2) is 6.30 Å². The highest BCUT2D eigenvalue weighted by Gasteiger charge is 2.26. The van der Waals surface area contributed by atoms with Crippen LogP contribution in [0.3, 0.4) is 0 Å². The second-order valence-corrected chi connectivity index (χ2v) is 20.3. The van der Waals surface area contributed by atoms with E-state index >= 15 is 0 Å². The summed E-state index contributed by atoms with van der Waals surface area (Å²) in [6, 6.07) is 81.2. The van der Waals surface area contributed by atoms with E-state index in [1.807, 2.05) is 0 Å². The van der Waals surface area contributed by atoms with Crippen LogP contribution >= 0.6 is 14.8 Å². The van der Waals surface area contributed by atoms with E-state index in [1.165, 1.54) is 96.8 Å². The molecule has 0 aliphatic rings. The lowest BCUT2D eigenvalue weighted by atomic mass is 9.88. The highest BCUT2D eigenvalue weighted by molar-refractivity contribution is 7.93. The highest BCUT2D eigenvalue weighted by Crippen LogP contribution is 2.47. The first-order chi connectivity index (χ1) is 28.2. The second kappa shape index (κ2) is 13.7. The van der Waals surface area contributed by atoms with Crippen molar-refractivity contribution in [3.05, 3.63) is 218 Å². The molecule has 0 fully saturated rings. The number of fused-ring (bicyclic) bond motifs is 2. The molecular formula is C55H38P2. The summed E-state index contributed by atoms with van der Waals surface area (Å²) in [5.74, 6) is 0. The first-order valence-corrected chi connectivity index (χ1v) is 22.9. The standard InChI is InChI=1S/C55H38P2/c1-57(44-22-10-4-11-23-44,45-24-12-5-13-25-45)53-35-31-39-29-33-48-47(32-28-38-30-34-49(53)55(39)54(38)48)46-26-14-16-40-37-51-41(36-50(40)46)17-15-27-52(51)56(42-18-6-2-7-19-42)43-20-8-3-9-21-43/h2-37H,1H2. The Morgan fingerprint density at radius 3 is 1.44 bits per heavy atom. The number of hydrogen-bond acceptors (Lipinski definition) is 0. The number of hydrogen-bond donors (Lipinski definition) is 0. The van der Waals surface area contributed by atoms with Crippen LogP contribution in [0.5, 0.6) is 0 Å². The summed E-state index contributed by atoms with van der Waals surface area (Å²) in [6.45, 7) is -2.21. The fraction of sp³-hybridized carbons (Fsp3) is 0. The molecule has 11 aromatic rings. The third-order valence-corrected chi connectivity index (χ3v) is 17.9. The highest BCUT2D eigenvalue weighted by atomic mass is 31.2. The zero-order chi connectivity index (χ0) is 37.9. The van der Waals surface area contributed by atoms with E-state index < -0.39 is 14.8 Å². The van der Waals surface area contributed by atoms with Gasteiger partial charge in [-0.3, -0.25) is 0 Å². The molecule has 0 aliphatic carbocycles. The monoisotopic (exact) mass is 760 g/mol. The van der Waals surface area contributed by atoms with Crippen LogP contribution in [0.15, 0.2) is 218 Å². The van der Waals surface area contributed by atoms with Gasteiger partial charge in [-0.05, 0) is 124 Å². The zero-order valence-corrected chi connectivity index (χ0v) is 33.2. The predicted molar refractivity (Wildman–Crippen MR) is 255 cm³/mol. The molecule has 0 radical (unpaired) electrons. The van der Waals surface area contributed by atoms with Crippen LogP contribution in [0.2, 0.25) is 0 Å². The van der Waals surface area contributed by atoms with Gasteiger partial charge in [0, 0.05) is 0 Å². The molecule has 0 aliphatic heterocycles. The fourth-order valence-corrected chi connectivity index (χ4v) is 14.8. The molecule has 0 N–H and O–H groups in total. The lowest BCUT2D eigenvalue weighted by molar-refractivity contribution is 1.72. The average molecular weight is 761 g/mol. The van der Waals surface area contributed by atoms with Gasteiger partial charge in [0.05, 0.1) is 0 Å². The van der Waals surface area contributed by atoms with Gasteiger partial charge in [-0.25, -0.2) is 0 Å². The van der Waals surface area contributed by atoms with Crippen molar-refractivity contribution in [1.29, 1.82) is 0 Å². The van der Waals surface area contributed by atoms with Crippen LogP contribution in [0.4, 0.5) is 0 Å². The smallest absolute Gasteiger partial charge is 0.00200 e. The molecule has 0 unspecified atom stereocenters. The Morgan fingerprint density at radius 2 is 0.807 bits per heavy atom. The van der Waals surface area contributed by atoms with E-state index in [1.54, 1.807) is 0 Å². The van der Waals surface area contributed by atoms with Crippen molar-refractivity contribution in [2.75, 3.05) is 0 Å². The summed E-state index contributed by atoms with van der Waals surface area (Å²) in [6.07, 6.45) is 5.15. The van der Waals surface area contributed by atoms with Crippen molar-refractivity contribution in [2.45, 2.75) is 0 Å². The third kappa shape index (κ3) is 5.48. The maximum absolute atomic E-state index is 5.15. The van der Waals surface area contributed by atoms with E-state index in [9.17, 15) is 0 Å². The summed E-state index contributed by atoms with van der Waals surface area (Å²) < 4.78 is 0. The van der Waals surface area contributed by atoms with Gasteiger partial charge in [0.25, 0.3) is 0 Å². The quantitative estimate of drug-likeness (QED) is 0.0862. The van der Waals surface area contributed by atoms with Gasteiger partial charge in [0.2, 0.25) is 0 Å².